The number of fused-ring (bicyclic) bond motifs is 2. The second-order valence-electron chi connectivity index (χ2n) is 7.83. The van der Waals surface area contributed by atoms with Crippen LogP contribution in [0.1, 0.15) is 13.3 Å². The average Bonchev–Trinajstić information content (AvgIpc) is 3.62. The van der Waals surface area contributed by atoms with Gasteiger partial charge in [0.15, 0.2) is 11.5 Å². The molecule has 0 saturated heterocycles. The van der Waals surface area contributed by atoms with Crippen molar-refractivity contribution >= 4 is 45.0 Å². The number of nitrogens with zero attached hydrogens (tertiary/aromatic N) is 4. The highest BCUT2D eigenvalue weighted by atomic mass is 32.1. The Morgan fingerprint density at radius 2 is 1.97 bits per heavy atom. The summed E-state index contributed by atoms with van der Waals surface area (Å²) in [5.74, 6) is 0.585. The van der Waals surface area contributed by atoms with Crippen LogP contribution in [0.4, 0.5) is 5.69 Å². The van der Waals surface area contributed by atoms with Gasteiger partial charge in [0.25, 0.3) is 0 Å². The van der Waals surface area contributed by atoms with Crippen LogP contribution in [-0.4, -0.2) is 36.0 Å². The zero-order valence-corrected chi connectivity index (χ0v) is 19.0. The quantitative estimate of drug-likeness (QED) is 0.305. The van der Waals surface area contributed by atoms with Crippen LogP contribution >= 0.6 is 11.3 Å². The lowest BCUT2D eigenvalue weighted by molar-refractivity contribution is -0.115. The molecule has 6 rings (SSSR count). The van der Waals surface area contributed by atoms with Gasteiger partial charge in [0.2, 0.25) is 5.91 Å². The minimum Gasteiger partial charge on any atom is -0.336 e. The van der Waals surface area contributed by atoms with Gasteiger partial charge in [0, 0.05) is 23.7 Å². The number of nitrogens with one attached hydrogen (secondary N) is 3. The SMILES string of the molecule is CCC(=O)Nc1cncc(-c2ccc3[nH]nc(-c4nc5c(-c6ccsc6)cccc5[nH]4)c3n2)c1. The number of para-hydroxylation sites is 1. The van der Waals surface area contributed by atoms with Crippen molar-refractivity contribution in [2.75, 3.05) is 5.32 Å². The Balaban J connectivity index is 1.43. The normalized spacial score (nSPS) is 11.3. The predicted octanol–water partition coefficient (Wildman–Crippen LogP) is 5.64. The van der Waals surface area contributed by atoms with Gasteiger partial charge in [0.1, 0.15) is 5.52 Å². The van der Waals surface area contributed by atoms with Crippen LogP contribution in [0, 0.1) is 0 Å². The van der Waals surface area contributed by atoms with E-state index in [0.29, 0.717) is 29.1 Å². The second kappa shape index (κ2) is 8.20. The molecule has 9 heteroatoms. The Labute approximate surface area is 198 Å². The maximum atomic E-state index is 11.8. The van der Waals surface area contributed by atoms with Crippen molar-refractivity contribution in [3.8, 4) is 33.9 Å². The molecule has 3 N–H and O–H groups in total. The number of rotatable bonds is 5. The number of hydrogen-bond acceptors (Lipinski definition) is 6. The van der Waals surface area contributed by atoms with Crippen LogP contribution in [-0.2, 0) is 4.79 Å². The summed E-state index contributed by atoms with van der Waals surface area (Å²) in [6, 6.07) is 13.9. The van der Waals surface area contributed by atoms with E-state index < -0.39 is 0 Å². The highest BCUT2D eigenvalue weighted by Crippen LogP contribution is 2.32. The topological polar surface area (TPSA) is 112 Å². The maximum absolute atomic E-state index is 11.8. The van der Waals surface area contributed by atoms with Gasteiger partial charge < -0.3 is 10.3 Å². The fourth-order valence-electron chi connectivity index (χ4n) is 3.92. The fraction of sp³-hybridized carbons (Fsp3) is 0.0800. The molecule has 0 aliphatic carbocycles. The Morgan fingerprint density at radius 3 is 2.82 bits per heavy atom. The van der Waals surface area contributed by atoms with Gasteiger partial charge in [-0.2, -0.15) is 16.4 Å². The summed E-state index contributed by atoms with van der Waals surface area (Å²) in [5.41, 5.74) is 8.37. The Hall–Kier alpha value is -4.37. The van der Waals surface area contributed by atoms with Crippen molar-refractivity contribution in [1.29, 1.82) is 0 Å². The molecule has 166 valence electrons. The van der Waals surface area contributed by atoms with E-state index in [1.54, 1.807) is 23.7 Å². The molecule has 0 saturated carbocycles. The van der Waals surface area contributed by atoms with Gasteiger partial charge >= 0.3 is 0 Å². The van der Waals surface area contributed by atoms with E-state index >= 15 is 0 Å². The largest absolute Gasteiger partial charge is 0.336 e. The Bertz CT molecular complexity index is 1650. The number of anilines is 1. The van der Waals surface area contributed by atoms with Crippen LogP contribution in [0.25, 0.3) is 56.0 Å². The van der Waals surface area contributed by atoms with E-state index in [1.807, 2.05) is 37.3 Å². The molecule has 34 heavy (non-hydrogen) atoms. The van der Waals surface area contributed by atoms with Gasteiger partial charge in [-0.3, -0.25) is 14.9 Å². The number of carbonyl (C=O) groups is 1. The standard InChI is InChI=1S/C25H19N7OS/c1-2-21(33)27-16-10-15(11-26-12-16)18-6-7-20-23(28-18)24(32-31-20)25-29-19-5-3-4-17(22(19)30-25)14-8-9-34-13-14/h3-13H,2H2,1H3,(H,27,33)(H,29,30)(H,31,32). The Morgan fingerprint density at radius 1 is 1.03 bits per heavy atom. The van der Waals surface area contributed by atoms with Gasteiger partial charge in [-0.05, 0) is 46.7 Å². The van der Waals surface area contributed by atoms with E-state index in [4.69, 9.17) is 9.97 Å². The number of hydrogen-bond donors (Lipinski definition) is 3. The number of imidazole rings is 1. The molecule has 0 aliphatic heterocycles. The molecule has 0 bridgehead atoms. The summed E-state index contributed by atoms with van der Waals surface area (Å²) in [6.07, 6.45) is 3.75. The van der Waals surface area contributed by atoms with Gasteiger partial charge in [0.05, 0.1) is 34.1 Å². The second-order valence-corrected chi connectivity index (χ2v) is 8.61. The number of aromatic nitrogens is 6. The smallest absolute Gasteiger partial charge is 0.224 e. The third-order valence-corrected chi connectivity index (χ3v) is 6.30. The first-order valence-corrected chi connectivity index (χ1v) is 11.8. The maximum Gasteiger partial charge on any atom is 0.224 e. The third kappa shape index (κ3) is 3.52. The summed E-state index contributed by atoms with van der Waals surface area (Å²) in [5, 5.41) is 14.6. The highest BCUT2D eigenvalue weighted by Gasteiger charge is 2.17. The highest BCUT2D eigenvalue weighted by molar-refractivity contribution is 7.08. The monoisotopic (exact) mass is 465 g/mol. The van der Waals surface area contributed by atoms with Crippen molar-refractivity contribution in [2.24, 2.45) is 0 Å². The van der Waals surface area contributed by atoms with E-state index in [1.165, 1.54) is 0 Å². The molecule has 0 unspecified atom stereocenters. The van der Waals surface area contributed by atoms with Crippen molar-refractivity contribution in [3.05, 3.63) is 65.6 Å². The molecule has 1 aromatic carbocycles. The first-order chi connectivity index (χ1) is 16.7. The summed E-state index contributed by atoms with van der Waals surface area (Å²) >= 11 is 1.66. The van der Waals surface area contributed by atoms with Crippen molar-refractivity contribution < 1.29 is 4.79 Å². The van der Waals surface area contributed by atoms with Crippen molar-refractivity contribution in [2.45, 2.75) is 13.3 Å². The van der Waals surface area contributed by atoms with Gasteiger partial charge in [-0.25, -0.2) is 9.97 Å². The van der Waals surface area contributed by atoms with Gasteiger partial charge in [-0.15, -0.1) is 0 Å². The number of amides is 1. The first kappa shape index (κ1) is 20.3. The number of pyridine rings is 2. The molecule has 5 heterocycles. The molecule has 0 aliphatic rings. The zero-order valence-electron chi connectivity index (χ0n) is 18.2. The van der Waals surface area contributed by atoms with E-state index in [9.17, 15) is 4.79 Å². The fourth-order valence-corrected chi connectivity index (χ4v) is 4.57. The van der Waals surface area contributed by atoms with E-state index in [-0.39, 0.29) is 5.91 Å². The molecule has 0 atom stereocenters. The van der Waals surface area contributed by atoms with Crippen molar-refractivity contribution in [3.63, 3.8) is 0 Å². The van der Waals surface area contributed by atoms with Crippen LogP contribution in [0.5, 0.6) is 0 Å². The molecule has 0 fully saturated rings. The minimum absolute atomic E-state index is 0.0637. The zero-order chi connectivity index (χ0) is 23.1. The van der Waals surface area contributed by atoms with Crippen LogP contribution in [0.15, 0.2) is 65.6 Å². The molecular weight excluding hydrogens is 446 g/mol. The van der Waals surface area contributed by atoms with E-state index in [2.05, 4.69) is 48.4 Å². The summed E-state index contributed by atoms with van der Waals surface area (Å²) in [7, 11) is 0. The third-order valence-electron chi connectivity index (χ3n) is 5.62. The van der Waals surface area contributed by atoms with E-state index in [0.717, 1.165) is 38.9 Å². The number of aromatic amines is 2. The number of thiophene rings is 1. The predicted molar refractivity (Wildman–Crippen MR) is 134 cm³/mol. The summed E-state index contributed by atoms with van der Waals surface area (Å²) < 4.78 is 0. The lowest BCUT2D eigenvalue weighted by atomic mass is 10.1. The number of H-pyrrole nitrogens is 2. The molecule has 8 nitrogen and oxygen atoms in total. The molecule has 5 aromatic heterocycles. The molecule has 6 aromatic rings. The van der Waals surface area contributed by atoms with Gasteiger partial charge in [-0.1, -0.05) is 19.1 Å². The van der Waals surface area contributed by atoms with Crippen LogP contribution < -0.4 is 5.32 Å². The number of benzene rings is 1. The molecule has 1 amide bonds. The minimum atomic E-state index is -0.0637. The van der Waals surface area contributed by atoms with Crippen molar-refractivity contribution in [1.82, 2.24) is 30.1 Å². The van der Waals surface area contributed by atoms with Crippen LogP contribution in [0.3, 0.4) is 0 Å². The Kier molecular flexibility index (Phi) is 4.88. The molecule has 0 radical (unpaired) electrons. The molecular formula is C25H19N7OS. The average molecular weight is 466 g/mol. The summed E-state index contributed by atoms with van der Waals surface area (Å²) in [4.78, 5) is 29.2. The lowest BCUT2D eigenvalue weighted by Crippen LogP contribution is -2.09. The summed E-state index contributed by atoms with van der Waals surface area (Å²) in [6.45, 7) is 1.81. The van der Waals surface area contributed by atoms with Crippen LogP contribution in [0.2, 0.25) is 0 Å². The first-order valence-electron chi connectivity index (χ1n) is 10.8. The number of carbonyl (C=O) groups excluding carboxylic acids is 1. The lowest BCUT2D eigenvalue weighted by Gasteiger charge is -2.06. The molecule has 0 spiro atoms.